The van der Waals surface area contributed by atoms with E-state index in [4.69, 9.17) is 0 Å². The number of nitrogens with zero attached hydrogens (tertiary/aromatic N) is 1. The molecule has 0 aliphatic carbocycles. The first-order valence-corrected chi connectivity index (χ1v) is 8.69. The maximum absolute atomic E-state index is 12.7. The quantitative estimate of drug-likeness (QED) is 0.631. The van der Waals surface area contributed by atoms with Crippen LogP contribution in [0.2, 0.25) is 0 Å². The lowest BCUT2D eigenvalue weighted by molar-refractivity contribution is 0.645. The van der Waals surface area contributed by atoms with Crippen molar-refractivity contribution in [2.24, 2.45) is 4.40 Å². The molecule has 3 aromatic carbocycles. The highest BCUT2D eigenvalue weighted by molar-refractivity contribution is 7.84. The van der Waals surface area contributed by atoms with Crippen molar-refractivity contribution in [3.8, 4) is 0 Å². The molecule has 116 valence electrons. The summed E-state index contributed by atoms with van der Waals surface area (Å²) in [7, 11) is -1.36. The molecule has 23 heavy (non-hydrogen) atoms. The molecule has 0 amide bonds. The number of benzene rings is 3. The zero-order valence-electron chi connectivity index (χ0n) is 13.3. The highest BCUT2D eigenvalue weighted by Gasteiger charge is 2.27. The summed E-state index contributed by atoms with van der Waals surface area (Å²) in [5, 5.41) is 2.28. The van der Waals surface area contributed by atoms with Crippen molar-refractivity contribution >= 4 is 28.0 Å². The molecule has 0 spiro atoms. The lowest BCUT2D eigenvalue weighted by Crippen LogP contribution is -2.22. The summed E-state index contributed by atoms with van der Waals surface area (Å²) in [6.45, 7) is 3.91. The molecule has 0 bridgehead atoms. The van der Waals surface area contributed by atoms with Crippen LogP contribution in [0.3, 0.4) is 0 Å². The van der Waals surface area contributed by atoms with E-state index in [1.807, 2.05) is 68.4 Å². The van der Waals surface area contributed by atoms with Crippen LogP contribution in [0, 0.1) is 0 Å². The van der Waals surface area contributed by atoms with Crippen molar-refractivity contribution in [2.75, 3.05) is 0 Å². The summed E-state index contributed by atoms with van der Waals surface area (Å²) >= 11 is 0. The first kappa shape index (κ1) is 15.6. The molecule has 0 aliphatic rings. The Morgan fingerprint density at radius 3 is 2.30 bits per heavy atom. The van der Waals surface area contributed by atoms with E-state index >= 15 is 0 Å². The molecule has 3 rings (SSSR count). The lowest BCUT2D eigenvalue weighted by Gasteiger charge is -2.21. The summed E-state index contributed by atoms with van der Waals surface area (Å²) in [5.74, 6) is 0. The minimum Gasteiger partial charge on any atom is -0.234 e. The van der Waals surface area contributed by atoms with Crippen molar-refractivity contribution in [1.82, 2.24) is 0 Å². The second-order valence-electron chi connectivity index (χ2n) is 5.93. The van der Waals surface area contributed by atoms with Crippen molar-refractivity contribution in [3.63, 3.8) is 0 Å². The van der Waals surface area contributed by atoms with Gasteiger partial charge in [-0.15, -0.1) is 0 Å². The van der Waals surface area contributed by atoms with E-state index in [0.29, 0.717) is 0 Å². The normalized spacial score (nSPS) is 13.5. The third kappa shape index (κ3) is 3.25. The lowest BCUT2D eigenvalue weighted by atomic mass is 10.0. The van der Waals surface area contributed by atoms with Gasteiger partial charge in [-0.3, -0.25) is 0 Å². The van der Waals surface area contributed by atoms with Gasteiger partial charge in [0.25, 0.3) is 0 Å². The molecule has 0 saturated heterocycles. The van der Waals surface area contributed by atoms with Crippen LogP contribution in [0.25, 0.3) is 10.8 Å². The van der Waals surface area contributed by atoms with Crippen molar-refractivity contribution in [2.45, 2.75) is 18.6 Å². The van der Waals surface area contributed by atoms with Crippen LogP contribution in [0.1, 0.15) is 25.0 Å². The van der Waals surface area contributed by atoms with Gasteiger partial charge >= 0.3 is 0 Å². The van der Waals surface area contributed by atoms with Gasteiger partial charge in [-0.05, 0) is 30.2 Å². The van der Waals surface area contributed by atoms with Gasteiger partial charge in [0, 0.05) is 11.8 Å². The molecular formula is C20H19NOS. The number of hydrogen-bond acceptors (Lipinski definition) is 1. The van der Waals surface area contributed by atoms with Gasteiger partial charge in [0.15, 0.2) is 0 Å². The standard InChI is InChI=1S/C20H19NOS/c1-20(2,18-12-4-3-5-13-18)23(22)21-15-17-11-8-10-16-9-6-7-14-19(16)17/h3-15H,1-2H3/b21-15+. The van der Waals surface area contributed by atoms with Crippen LogP contribution in [0.5, 0.6) is 0 Å². The predicted octanol–water partition coefficient (Wildman–Crippen LogP) is 4.86. The third-order valence-electron chi connectivity index (χ3n) is 4.02. The molecule has 0 heterocycles. The molecule has 0 radical (unpaired) electrons. The second-order valence-corrected chi connectivity index (χ2v) is 7.66. The molecule has 0 fully saturated rings. The Balaban J connectivity index is 1.91. The molecule has 0 N–H and O–H groups in total. The Hall–Kier alpha value is -2.26. The number of fused-ring (bicyclic) bond motifs is 1. The molecule has 2 nitrogen and oxygen atoms in total. The second kappa shape index (κ2) is 6.47. The number of rotatable bonds is 4. The summed E-state index contributed by atoms with van der Waals surface area (Å²) < 4.78 is 16.5. The summed E-state index contributed by atoms with van der Waals surface area (Å²) in [6, 6.07) is 24.1. The van der Waals surface area contributed by atoms with Gasteiger partial charge in [0.1, 0.15) is 11.0 Å². The molecule has 0 aromatic heterocycles. The summed E-state index contributed by atoms with van der Waals surface area (Å²) in [5.41, 5.74) is 2.01. The summed E-state index contributed by atoms with van der Waals surface area (Å²) in [4.78, 5) is 0. The van der Waals surface area contributed by atoms with Gasteiger partial charge in [0.05, 0.1) is 4.75 Å². The first-order chi connectivity index (χ1) is 11.1. The van der Waals surface area contributed by atoms with E-state index in [1.165, 1.54) is 0 Å². The molecule has 3 aromatic rings. The van der Waals surface area contributed by atoms with Crippen LogP contribution in [0.4, 0.5) is 0 Å². The van der Waals surface area contributed by atoms with Crippen LogP contribution >= 0.6 is 0 Å². The zero-order valence-corrected chi connectivity index (χ0v) is 14.1. The highest BCUT2D eigenvalue weighted by atomic mass is 32.2. The molecule has 0 aliphatic heterocycles. The van der Waals surface area contributed by atoms with E-state index in [-0.39, 0.29) is 0 Å². The topological polar surface area (TPSA) is 29.4 Å². The zero-order chi connectivity index (χ0) is 16.3. The third-order valence-corrected chi connectivity index (χ3v) is 5.42. The maximum Gasteiger partial charge on any atom is 0.149 e. The van der Waals surface area contributed by atoms with Crippen molar-refractivity contribution in [3.05, 3.63) is 83.9 Å². The van der Waals surface area contributed by atoms with Gasteiger partial charge in [-0.2, -0.15) is 4.40 Å². The average molecular weight is 321 g/mol. The fourth-order valence-corrected chi connectivity index (χ4v) is 3.35. The van der Waals surface area contributed by atoms with Crippen LogP contribution < -0.4 is 0 Å². The maximum atomic E-state index is 12.7. The van der Waals surface area contributed by atoms with E-state index in [9.17, 15) is 4.21 Å². The Labute approximate surface area is 139 Å². The van der Waals surface area contributed by atoms with Gasteiger partial charge in [-0.1, -0.05) is 72.8 Å². The molecular weight excluding hydrogens is 302 g/mol. The van der Waals surface area contributed by atoms with Gasteiger partial charge in [0.2, 0.25) is 0 Å². The van der Waals surface area contributed by atoms with E-state index < -0.39 is 15.7 Å². The Kier molecular flexibility index (Phi) is 4.39. The van der Waals surface area contributed by atoms with Crippen molar-refractivity contribution < 1.29 is 4.21 Å². The largest absolute Gasteiger partial charge is 0.234 e. The molecule has 0 saturated carbocycles. The number of hydrogen-bond donors (Lipinski definition) is 0. The van der Waals surface area contributed by atoms with Crippen LogP contribution in [-0.2, 0) is 15.7 Å². The van der Waals surface area contributed by atoms with Gasteiger partial charge < -0.3 is 0 Å². The van der Waals surface area contributed by atoms with E-state index in [0.717, 1.165) is 21.9 Å². The molecule has 3 heteroatoms. The monoisotopic (exact) mass is 321 g/mol. The van der Waals surface area contributed by atoms with E-state index in [1.54, 1.807) is 6.21 Å². The fourth-order valence-electron chi connectivity index (χ4n) is 2.54. The smallest absolute Gasteiger partial charge is 0.149 e. The Morgan fingerprint density at radius 1 is 0.870 bits per heavy atom. The molecule has 1 unspecified atom stereocenters. The fraction of sp³-hybridized carbons (Fsp3) is 0.150. The van der Waals surface area contributed by atoms with Crippen molar-refractivity contribution in [1.29, 1.82) is 0 Å². The molecule has 1 atom stereocenters. The minimum absolute atomic E-state index is 0.525. The average Bonchev–Trinajstić information content (AvgIpc) is 2.60. The predicted molar refractivity (Wildman–Crippen MR) is 99.2 cm³/mol. The minimum atomic E-state index is -1.36. The van der Waals surface area contributed by atoms with Gasteiger partial charge in [-0.25, -0.2) is 4.21 Å². The van der Waals surface area contributed by atoms with E-state index in [2.05, 4.69) is 22.6 Å². The van der Waals surface area contributed by atoms with Crippen LogP contribution in [-0.4, -0.2) is 10.4 Å². The highest BCUT2D eigenvalue weighted by Crippen LogP contribution is 2.28. The first-order valence-electron chi connectivity index (χ1n) is 7.58. The Bertz CT molecular complexity index is 864. The van der Waals surface area contributed by atoms with Crippen LogP contribution in [0.15, 0.2) is 77.2 Å². The summed E-state index contributed by atoms with van der Waals surface area (Å²) in [6.07, 6.45) is 1.73. The Morgan fingerprint density at radius 2 is 1.52 bits per heavy atom. The SMILES string of the molecule is CC(C)(c1ccccc1)S(=O)/N=C/c1cccc2ccccc12.